The van der Waals surface area contributed by atoms with E-state index in [1.54, 1.807) is 0 Å². The van der Waals surface area contributed by atoms with Crippen LogP contribution in [0, 0.1) is 11.8 Å². The largest absolute Gasteiger partial charge is 0.372 e. The van der Waals surface area contributed by atoms with Crippen LogP contribution in [0.5, 0.6) is 0 Å². The lowest BCUT2D eigenvalue weighted by Crippen LogP contribution is -2.50. The topological polar surface area (TPSA) is 59.1 Å². The maximum Gasteiger partial charge on any atom is 0.225 e. The smallest absolute Gasteiger partial charge is 0.225 e. The fraction of sp³-hybridized carbons (Fsp3) is 0.905. The Balaban J connectivity index is 1.95. The molecule has 6 nitrogen and oxygen atoms in total. The van der Waals surface area contributed by atoms with Crippen molar-refractivity contribution in [3.05, 3.63) is 0 Å². The zero-order valence-corrected chi connectivity index (χ0v) is 17.9. The number of ether oxygens (including phenoxy) is 2. The minimum atomic E-state index is -0.0951. The van der Waals surface area contributed by atoms with Crippen molar-refractivity contribution in [2.75, 3.05) is 26.2 Å². The van der Waals surface area contributed by atoms with Crippen LogP contribution in [0.1, 0.15) is 60.8 Å². The molecule has 0 aromatic heterocycles. The Bertz CT molecular complexity index is 490. The molecule has 0 spiro atoms. The highest BCUT2D eigenvalue weighted by Gasteiger charge is 2.32. The average molecular weight is 383 g/mol. The molecule has 2 amide bonds. The van der Waals surface area contributed by atoms with E-state index in [0.29, 0.717) is 44.9 Å². The molecule has 0 aromatic carbocycles. The van der Waals surface area contributed by atoms with Gasteiger partial charge in [-0.1, -0.05) is 13.8 Å². The van der Waals surface area contributed by atoms with Gasteiger partial charge >= 0.3 is 0 Å². The van der Waals surface area contributed by atoms with Crippen molar-refractivity contribution >= 4 is 11.8 Å². The van der Waals surface area contributed by atoms with Crippen LogP contribution < -0.4 is 0 Å². The molecule has 27 heavy (non-hydrogen) atoms. The number of amides is 2. The summed E-state index contributed by atoms with van der Waals surface area (Å²) in [5, 5.41) is 0. The molecule has 0 bridgehead atoms. The Labute approximate surface area is 164 Å². The number of carbonyl (C=O) groups excluding carboxylic acids is 2. The van der Waals surface area contributed by atoms with E-state index >= 15 is 0 Å². The number of hydrogen-bond acceptors (Lipinski definition) is 4. The second-order valence-electron chi connectivity index (χ2n) is 8.92. The predicted octanol–water partition coefficient (Wildman–Crippen LogP) is 2.70. The SMILES string of the molecule is CC(C)C[C@H](CCC(=O)N1C[C@@H](C)O[C@@H](C)C1)C(=O)N1C[C@H](C)O[C@@H](C)C1. The highest BCUT2D eigenvalue weighted by atomic mass is 16.5. The van der Waals surface area contributed by atoms with Gasteiger partial charge in [-0.15, -0.1) is 0 Å². The number of hydrogen-bond donors (Lipinski definition) is 0. The van der Waals surface area contributed by atoms with E-state index in [-0.39, 0.29) is 42.1 Å². The van der Waals surface area contributed by atoms with Crippen LogP contribution in [0.2, 0.25) is 0 Å². The lowest BCUT2D eigenvalue weighted by atomic mass is 9.91. The molecule has 0 radical (unpaired) electrons. The van der Waals surface area contributed by atoms with Crippen molar-refractivity contribution in [1.29, 1.82) is 0 Å². The zero-order chi connectivity index (χ0) is 20.1. The summed E-state index contributed by atoms with van der Waals surface area (Å²) in [5.41, 5.74) is 0. The maximum absolute atomic E-state index is 13.1. The molecule has 0 aliphatic carbocycles. The van der Waals surface area contributed by atoms with Crippen molar-refractivity contribution < 1.29 is 19.1 Å². The quantitative estimate of drug-likeness (QED) is 0.709. The lowest BCUT2D eigenvalue weighted by molar-refractivity contribution is -0.149. The summed E-state index contributed by atoms with van der Waals surface area (Å²) in [5.74, 6) is 0.653. The van der Waals surface area contributed by atoms with Crippen LogP contribution in [0.4, 0.5) is 0 Å². The minimum absolute atomic E-state index is 0.0651. The van der Waals surface area contributed by atoms with Crippen LogP contribution in [0.25, 0.3) is 0 Å². The Kier molecular flexibility index (Phi) is 8.10. The predicted molar refractivity (Wildman–Crippen MR) is 105 cm³/mol. The van der Waals surface area contributed by atoms with E-state index in [1.165, 1.54) is 0 Å². The van der Waals surface area contributed by atoms with E-state index in [0.717, 1.165) is 6.42 Å². The van der Waals surface area contributed by atoms with E-state index in [4.69, 9.17) is 9.47 Å². The molecule has 0 N–H and O–H groups in total. The van der Waals surface area contributed by atoms with Gasteiger partial charge in [-0.25, -0.2) is 0 Å². The van der Waals surface area contributed by atoms with Crippen molar-refractivity contribution in [2.24, 2.45) is 11.8 Å². The fourth-order valence-electron chi connectivity index (χ4n) is 4.36. The van der Waals surface area contributed by atoms with Gasteiger partial charge < -0.3 is 19.3 Å². The first kappa shape index (κ1) is 22.2. The molecule has 2 heterocycles. The van der Waals surface area contributed by atoms with Crippen molar-refractivity contribution in [3.8, 4) is 0 Å². The molecule has 5 atom stereocenters. The van der Waals surface area contributed by atoms with Gasteiger partial charge in [-0.3, -0.25) is 9.59 Å². The average Bonchev–Trinajstić information content (AvgIpc) is 2.55. The fourth-order valence-corrected chi connectivity index (χ4v) is 4.36. The monoisotopic (exact) mass is 382 g/mol. The summed E-state index contributed by atoms with van der Waals surface area (Å²) in [6.45, 7) is 14.9. The molecular weight excluding hydrogens is 344 g/mol. The summed E-state index contributed by atoms with van der Waals surface area (Å²) >= 11 is 0. The Morgan fingerprint density at radius 2 is 1.30 bits per heavy atom. The molecule has 0 unspecified atom stereocenters. The molecule has 2 aliphatic rings. The Morgan fingerprint density at radius 1 is 0.852 bits per heavy atom. The van der Waals surface area contributed by atoms with Gasteiger partial charge in [0.2, 0.25) is 11.8 Å². The van der Waals surface area contributed by atoms with Gasteiger partial charge in [0.05, 0.1) is 24.4 Å². The molecule has 156 valence electrons. The molecule has 2 aliphatic heterocycles. The molecule has 2 saturated heterocycles. The zero-order valence-electron chi connectivity index (χ0n) is 17.9. The molecular formula is C21H38N2O4. The molecule has 2 fully saturated rings. The van der Waals surface area contributed by atoms with Gasteiger partial charge in [0.25, 0.3) is 0 Å². The molecule has 2 rings (SSSR count). The summed E-state index contributed by atoms with van der Waals surface area (Å²) in [4.78, 5) is 29.7. The van der Waals surface area contributed by atoms with Crippen LogP contribution in [0.3, 0.4) is 0 Å². The molecule has 0 aromatic rings. The van der Waals surface area contributed by atoms with Crippen LogP contribution in [-0.2, 0) is 19.1 Å². The van der Waals surface area contributed by atoms with E-state index in [2.05, 4.69) is 13.8 Å². The van der Waals surface area contributed by atoms with E-state index < -0.39 is 0 Å². The number of nitrogens with zero attached hydrogens (tertiary/aromatic N) is 2. The second kappa shape index (κ2) is 9.87. The van der Waals surface area contributed by atoms with Gasteiger partial charge in [0.1, 0.15) is 0 Å². The van der Waals surface area contributed by atoms with Crippen molar-refractivity contribution in [2.45, 2.75) is 85.2 Å². The van der Waals surface area contributed by atoms with Crippen molar-refractivity contribution in [1.82, 2.24) is 9.80 Å². The first-order valence-electron chi connectivity index (χ1n) is 10.5. The minimum Gasteiger partial charge on any atom is -0.372 e. The van der Waals surface area contributed by atoms with E-state index in [1.807, 2.05) is 37.5 Å². The lowest BCUT2D eigenvalue weighted by Gasteiger charge is -2.38. The Hall–Kier alpha value is -1.14. The van der Waals surface area contributed by atoms with Crippen LogP contribution >= 0.6 is 0 Å². The highest BCUT2D eigenvalue weighted by molar-refractivity contribution is 5.81. The van der Waals surface area contributed by atoms with Crippen molar-refractivity contribution in [3.63, 3.8) is 0 Å². The first-order valence-corrected chi connectivity index (χ1v) is 10.5. The van der Waals surface area contributed by atoms with Gasteiger partial charge in [0, 0.05) is 38.5 Å². The number of rotatable bonds is 6. The number of carbonyl (C=O) groups is 2. The second-order valence-corrected chi connectivity index (χ2v) is 8.92. The molecule has 0 saturated carbocycles. The molecule has 6 heteroatoms. The number of morpholine rings is 2. The summed E-state index contributed by atoms with van der Waals surface area (Å²) in [7, 11) is 0. The van der Waals surface area contributed by atoms with E-state index in [9.17, 15) is 9.59 Å². The van der Waals surface area contributed by atoms with Crippen LogP contribution in [-0.4, -0.2) is 72.2 Å². The van der Waals surface area contributed by atoms with Gasteiger partial charge in [0.15, 0.2) is 0 Å². The van der Waals surface area contributed by atoms with Gasteiger partial charge in [-0.05, 0) is 46.5 Å². The summed E-state index contributed by atoms with van der Waals surface area (Å²) in [6, 6.07) is 0. The Morgan fingerprint density at radius 3 is 1.74 bits per heavy atom. The summed E-state index contributed by atoms with van der Waals surface area (Å²) in [6.07, 6.45) is 2.14. The third kappa shape index (κ3) is 6.75. The maximum atomic E-state index is 13.1. The standard InChI is InChI=1S/C21H38N2O4/c1-14(2)9-19(21(25)23-12-17(5)27-18(6)13-23)7-8-20(24)22-10-15(3)26-16(4)11-22/h14-19H,7-13H2,1-6H3/t15-,16+,17-,18-,19-/m0/s1. The third-order valence-corrected chi connectivity index (χ3v) is 5.32. The third-order valence-electron chi connectivity index (χ3n) is 5.32. The first-order chi connectivity index (χ1) is 12.7. The highest BCUT2D eigenvalue weighted by Crippen LogP contribution is 2.23. The van der Waals surface area contributed by atoms with Gasteiger partial charge in [-0.2, -0.15) is 0 Å². The normalized spacial score (nSPS) is 30.5. The van der Waals surface area contributed by atoms with Crippen LogP contribution in [0.15, 0.2) is 0 Å². The summed E-state index contributed by atoms with van der Waals surface area (Å²) < 4.78 is 11.5.